The van der Waals surface area contributed by atoms with E-state index in [-0.39, 0.29) is 36.2 Å². The summed E-state index contributed by atoms with van der Waals surface area (Å²) >= 11 is 0. The number of amides is 3. The zero-order valence-electron chi connectivity index (χ0n) is 29.6. The largest absolute Gasteiger partial charge is 0.482 e. The van der Waals surface area contributed by atoms with Crippen molar-refractivity contribution in [3.8, 4) is 17.3 Å². The molecule has 3 amide bonds. The second-order valence-corrected chi connectivity index (χ2v) is 15.2. The topological polar surface area (TPSA) is 133 Å². The molecule has 4 atom stereocenters. The quantitative estimate of drug-likeness (QED) is 0.244. The number of carbonyl (C=O) groups is 3. The van der Waals surface area contributed by atoms with Crippen LogP contribution in [0.15, 0.2) is 30.3 Å². The number of imidazole rings is 1. The number of nitrogens with zero attached hydrogens (tertiary/aromatic N) is 6. The van der Waals surface area contributed by atoms with Crippen molar-refractivity contribution in [2.24, 2.45) is 5.92 Å². The van der Waals surface area contributed by atoms with Gasteiger partial charge < -0.3 is 29.0 Å². The number of hydrogen-bond acceptors (Lipinski definition) is 8. The van der Waals surface area contributed by atoms with Gasteiger partial charge in [0.2, 0.25) is 0 Å². The fraction of sp³-hybridized carbons (Fsp3) is 0.541. The lowest BCUT2D eigenvalue weighted by Gasteiger charge is -2.27. The minimum Gasteiger partial charge on any atom is -0.482 e. The molecule has 0 spiro atoms. The molecule has 1 aliphatic carbocycles. The van der Waals surface area contributed by atoms with Crippen LogP contribution in [0, 0.1) is 12.8 Å². The maximum atomic E-state index is 14.2. The fourth-order valence-electron chi connectivity index (χ4n) is 8.09. The molecule has 4 fully saturated rings. The lowest BCUT2D eigenvalue weighted by atomic mass is 9.96. The van der Waals surface area contributed by atoms with Crippen LogP contribution in [-0.4, -0.2) is 90.8 Å². The van der Waals surface area contributed by atoms with Gasteiger partial charge in [-0.3, -0.25) is 14.1 Å². The third kappa shape index (κ3) is 5.60. The maximum Gasteiger partial charge on any atom is 0.410 e. The summed E-state index contributed by atoms with van der Waals surface area (Å²) in [5.74, 6) is 1.000. The SMILES string of the molecule is COc1cc(C(=O)N2C3CC[C@@H]2[C@H](NC(=O)OC(C)(C)C)C3)cc2nc(-c3cc4ccc([C@@H](C)N5CCOC5=O)nc4n3CC3CC3)c(C)n12. The van der Waals surface area contributed by atoms with Gasteiger partial charge in [0.1, 0.15) is 29.2 Å². The Bertz CT molecular complexity index is 2020. The predicted molar refractivity (Wildman–Crippen MR) is 185 cm³/mol. The monoisotopic (exact) mass is 683 g/mol. The van der Waals surface area contributed by atoms with Crippen LogP contribution in [0.5, 0.6) is 5.88 Å². The summed E-state index contributed by atoms with van der Waals surface area (Å²) in [6, 6.07) is 9.39. The number of methoxy groups -OCH3 is 1. The van der Waals surface area contributed by atoms with Gasteiger partial charge in [-0.25, -0.2) is 19.6 Å². The number of fused-ring (bicyclic) bond motifs is 4. The van der Waals surface area contributed by atoms with E-state index in [1.54, 1.807) is 18.1 Å². The van der Waals surface area contributed by atoms with Crippen molar-refractivity contribution in [2.45, 2.75) is 103 Å². The molecule has 4 aromatic rings. The van der Waals surface area contributed by atoms with Gasteiger partial charge in [-0.1, -0.05) is 0 Å². The summed E-state index contributed by atoms with van der Waals surface area (Å²) in [6.45, 7) is 11.3. The Hall–Kier alpha value is -4.81. The van der Waals surface area contributed by atoms with Gasteiger partial charge in [-0.2, -0.15) is 0 Å². The number of pyridine rings is 2. The molecule has 3 saturated heterocycles. The van der Waals surface area contributed by atoms with E-state index in [2.05, 4.69) is 22.0 Å². The van der Waals surface area contributed by atoms with Crippen LogP contribution in [-0.2, 0) is 16.0 Å². The average molecular weight is 684 g/mol. The number of aromatic nitrogens is 4. The van der Waals surface area contributed by atoms with Crippen molar-refractivity contribution in [3.05, 3.63) is 47.3 Å². The van der Waals surface area contributed by atoms with E-state index < -0.39 is 11.7 Å². The van der Waals surface area contributed by atoms with E-state index in [1.165, 1.54) is 12.8 Å². The van der Waals surface area contributed by atoms with Gasteiger partial charge in [-0.15, -0.1) is 0 Å². The summed E-state index contributed by atoms with van der Waals surface area (Å²) in [4.78, 5) is 53.0. The first-order chi connectivity index (χ1) is 23.9. The fourth-order valence-corrected chi connectivity index (χ4v) is 8.09. The second kappa shape index (κ2) is 11.9. The lowest BCUT2D eigenvalue weighted by molar-refractivity contribution is 0.0484. The number of alkyl carbamates (subject to hydrolysis) is 1. The molecule has 4 aliphatic rings. The molecule has 7 heterocycles. The van der Waals surface area contributed by atoms with Crippen molar-refractivity contribution in [1.29, 1.82) is 0 Å². The highest BCUT2D eigenvalue weighted by Gasteiger charge is 2.49. The first kappa shape index (κ1) is 32.4. The number of cyclic esters (lactones) is 1. The lowest BCUT2D eigenvalue weighted by Crippen LogP contribution is -2.46. The van der Waals surface area contributed by atoms with E-state index >= 15 is 0 Å². The molecule has 8 rings (SSSR count). The third-order valence-electron chi connectivity index (χ3n) is 10.7. The van der Waals surface area contributed by atoms with Gasteiger partial charge in [0.15, 0.2) is 5.88 Å². The molecule has 1 N–H and O–H groups in total. The number of carbonyl (C=O) groups excluding carboxylic acids is 3. The summed E-state index contributed by atoms with van der Waals surface area (Å²) in [5.41, 5.74) is 4.84. The maximum absolute atomic E-state index is 14.2. The molecule has 0 aromatic carbocycles. The number of aryl methyl sites for hydroxylation is 1. The van der Waals surface area contributed by atoms with Crippen molar-refractivity contribution in [2.75, 3.05) is 20.3 Å². The molecule has 13 heteroatoms. The normalized spacial score (nSPS) is 22.4. The molecule has 50 heavy (non-hydrogen) atoms. The number of nitrogens with one attached hydrogen (secondary N) is 1. The molecule has 0 radical (unpaired) electrons. The molecule has 3 aliphatic heterocycles. The van der Waals surface area contributed by atoms with E-state index in [0.29, 0.717) is 42.6 Å². The van der Waals surface area contributed by atoms with E-state index in [0.717, 1.165) is 53.2 Å². The molecule has 1 saturated carbocycles. The van der Waals surface area contributed by atoms with Crippen LogP contribution in [0.1, 0.15) is 87.6 Å². The molecule has 4 aromatic heterocycles. The van der Waals surface area contributed by atoms with Crippen LogP contribution in [0.25, 0.3) is 28.1 Å². The molecule has 13 nitrogen and oxygen atoms in total. The van der Waals surface area contributed by atoms with Crippen molar-refractivity contribution in [1.82, 2.24) is 34.1 Å². The zero-order chi connectivity index (χ0) is 35.1. The van der Waals surface area contributed by atoms with Crippen LogP contribution in [0.3, 0.4) is 0 Å². The van der Waals surface area contributed by atoms with E-state index in [9.17, 15) is 14.4 Å². The predicted octanol–water partition coefficient (Wildman–Crippen LogP) is 5.86. The zero-order valence-corrected chi connectivity index (χ0v) is 29.6. The Morgan fingerprint density at radius 2 is 1.90 bits per heavy atom. The highest BCUT2D eigenvalue weighted by Crippen LogP contribution is 2.41. The summed E-state index contributed by atoms with van der Waals surface area (Å²) < 4.78 is 20.8. The van der Waals surface area contributed by atoms with Crippen LogP contribution < -0.4 is 10.1 Å². The van der Waals surface area contributed by atoms with E-state index in [1.807, 2.05) is 56.1 Å². The van der Waals surface area contributed by atoms with Gasteiger partial charge in [0.05, 0.1) is 48.9 Å². The summed E-state index contributed by atoms with van der Waals surface area (Å²) in [6.07, 6.45) is 4.00. The molecule has 1 unspecified atom stereocenters. The Morgan fingerprint density at radius 1 is 1.10 bits per heavy atom. The Balaban J connectivity index is 1.13. The van der Waals surface area contributed by atoms with Gasteiger partial charge in [-0.05, 0) is 96.9 Å². The third-order valence-corrected chi connectivity index (χ3v) is 10.7. The molecule has 264 valence electrons. The van der Waals surface area contributed by atoms with Gasteiger partial charge in [0.25, 0.3) is 5.91 Å². The molecular weight excluding hydrogens is 638 g/mol. The highest BCUT2D eigenvalue weighted by atomic mass is 16.6. The smallest absolute Gasteiger partial charge is 0.410 e. The standard InChI is InChI=1S/C37H45N7O6/c1-20(41-13-14-49-36(41)47)26-11-9-23-15-29(42(33(23)38-26)19-22-7-8-22)32-21(2)43-30(40-32)16-24(17-31(43)48-6)34(45)44-25-10-12-28(44)27(18-25)39-35(46)50-37(3,4)5/h9,11,15-17,20,22,25,27-28H,7-8,10,12-14,18-19H2,1-6H3,(H,39,46)/t20-,25?,27-,28-/m1/s1. The van der Waals surface area contributed by atoms with E-state index in [4.69, 9.17) is 24.2 Å². The number of ether oxygens (including phenoxy) is 3. The number of hydrogen-bond donors (Lipinski definition) is 1. The highest BCUT2D eigenvalue weighted by molar-refractivity contribution is 5.97. The second-order valence-electron chi connectivity index (χ2n) is 15.2. The van der Waals surface area contributed by atoms with Crippen LogP contribution >= 0.6 is 0 Å². The Morgan fingerprint density at radius 3 is 2.60 bits per heavy atom. The minimum atomic E-state index is -0.598. The average Bonchev–Trinajstić information content (AvgIpc) is 3.38. The van der Waals surface area contributed by atoms with Crippen LogP contribution in [0.2, 0.25) is 0 Å². The molecule has 2 bridgehead atoms. The van der Waals surface area contributed by atoms with Crippen LogP contribution in [0.4, 0.5) is 9.59 Å². The minimum absolute atomic E-state index is 0.0426. The first-order valence-electron chi connectivity index (χ1n) is 17.7. The molecular formula is C37H45N7O6. The van der Waals surface area contributed by atoms with Crippen molar-refractivity contribution >= 4 is 34.8 Å². The van der Waals surface area contributed by atoms with Crippen molar-refractivity contribution in [3.63, 3.8) is 0 Å². The number of rotatable bonds is 8. The Kier molecular flexibility index (Phi) is 7.72. The summed E-state index contributed by atoms with van der Waals surface area (Å²) in [5, 5.41) is 4.02. The van der Waals surface area contributed by atoms with Gasteiger partial charge >= 0.3 is 12.2 Å². The van der Waals surface area contributed by atoms with Crippen molar-refractivity contribution < 1.29 is 28.6 Å². The Labute approximate surface area is 290 Å². The summed E-state index contributed by atoms with van der Waals surface area (Å²) in [7, 11) is 1.61. The first-order valence-corrected chi connectivity index (χ1v) is 17.7. The van der Waals surface area contributed by atoms with Gasteiger partial charge in [0, 0.05) is 29.6 Å².